The Morgan fingerprint density at radius 2 is 2.12 bits per heavy atom. The van der Waals surface area contributed by atoms with Gasteiger partial charge in [0, 0.05) is 12.6 Å². The second kappa shape index (κ2) is 7.63. The van der Waals surface area contributed by atoms with Crippen molar-refractivity contribution in [2.75, 3.05) is 19.8 Å². The fourth-order valence-corrected chi connectivity index (χ4v) is 2.30. The number of hydrogen-bond acceptors (Lipinski definition) is 3. The van der Waals surface area contributed by atoms with Crippen LogP contribution in [0.25, 0.3) is 0 Å². The fraction of sp³-hybridized carbons (Fsp3) is 0.917. The van der Waals surface area contributed by atoms with Crippen LogP contribution < -0.4 is 11.1 Å². The minimum Gasteiger partial charge on any atom is -0.370 e. The molecule has 0 unspecified atom stereocenters. The van der Waals surface area contributed by atoms with E-state index in [1.165, 1.54) is 32.1 Å². The van der Waals surface area contributed by atoms with E-state index in [-0.39, 0.29) is 18.6 Å². The second-order valence-corrected chi connectivity index (χ2v) is 4.60. The van der Waals surface area contributed by atoms with E-state index < -0.39 is 0 Å². The smallest absolute Gasteiger partial charge is 0.246 e. The standard InChI is InChI=1S/C12H24N2O2/c1-10(11-5-3-2-4-6-11)14-12(15)9-16-8-7-13/h10-11H,2-9,13H2,1H3,(H,14,15)/t10-/m1/s1. The van der Waals surface area contributed by atoms with Crippen molar-refractivity contribution in [3.05, 3.63) is 0 Å². The van der Waals surface area contributed by atoms with Crippen molar-refractivity contribution in [3.8, 4) is 0 Å². The molecule has 16 heavy (non-hydrogen) atoms. The van der Waals surface area contributed by atoms with Crippen LogP contribution in [0.3, 0.4) is 0 Å². The summed E-state index contributed by atoms with van der Waals surface area (Å²) in [7, 11) is 0. The first-order chi connectivity index (χ1) is 7.74. The molecule has 4 heteroatoms. The van der Waals surface area contributed by atoms with Crippen molar-refractivity contribution in [2.24, 2.45) is 11.7 Å². The number of carbonyl (C=O) groups excluding carboxylic acids is 1. The molecule has 0 aromatic carbocycles. The lowest BCUT2D eigenvalue weighted by Gasteiger charge is -2.28. The Bertz CT molecular complexity index is 203. The van der Waals surface area contributed by atoms with Gasteiger partial charge < -0.3 is 15.8 Å². The molecule has 1 atom stereocenters. The van der Waals surface area contributed by atoms with E-state index in [9.17, 15) is 4.79 Å². The molecule has 1 rings (SSSR count). The minimum atomic E-state index is -0.0217. The fourth-order valence-electron chi connectivity index (χ4n) is 2.30. The molecule has 94 valence electrons. The zero-order valence-corrected chi connectivity index (χ0v) is 10.2. The summed E-state index contributed by atoms with van der Waals surface area (Å²) in [5.74, 6) is 0.624. The molecule has 0 saturated heterocycles. The molecular formula is C12H24N2O2. The van der Waals surface area contributed by atoms with Crippen LogP contribution in [0.2, 0.25) is 0 Å². The Kier molecular flexibility index (Phi) is 6.42. The van der Waals surface area contributed by atoms with Crippen LogP contribution in [0, 0.1) is 5.92 Å². The highest BCUT2D eigenvalue weighted by Crippen LogP contribution is 2.26. The molecular weight excluding hydrogens is 204 g/mol. The zero-order chi connectivity index (χ0) is 11.8. The average Bonchev–Trinajstić information content (AvgIpc) is 2.30. The Morgan fingerprint density at radius 3 is 2.75 bits per heavy atom. The third-order valence-corrected chi connectivity index (χ3v) is 3.24. The summed E-state index contributed by atoms with van der Waals surface area (Å²) in [5.41, 5.74) is 5.28. The highest BCUT2D eigenvalue weighted by molar-refractivity contribution is 5.77. The summed E-state index contributed by atoms with van der Waals surface area (Å²) in [6, 6.07) is 0.272. The summed E-state index contributed by atoms with van der Waals surface area (Å²) >= 11 is 0. The van der Waals surface area contributed by atoms with Crippen LogP contribution in [0.15, 0.2) is 0 Å². The van der Waals surface area contributed by atoms with Crippen LogP contribution in [-0.2, 0) is 9.53 Å². The maximum atomic E-state index is 11.5. The molecule has 1 amide bonds. The van der Waals surface area contributed by atoms with Crippen LogP contribution in [-0.4, -0.2) is 31.7 Å². The van der Waals surface area contributed by atoms with Crippen LogP contribution in [0.4, 0.5) is 0 Å². The van der Waals surface area contributed by atoms with E-state index in [2.05, 4.69) is 12.2 Å². The second-order valence-electron chi connectivity index (χ2n) is 4.60. The van der Waals surface area contributed by atoms with Crippen LogP contribution in [0.1, 0.15) is 39.0 Å². The molecule has 3 N–H and O–H groups in total. The third kappa shape index (κ3) is 4.94. The predicted octanol–water partition coefficient (Wildman–Crippen LogP) is 1.05. The number of ether oxygens (including phenoxy) is 1. The normalized spacial score (nSPS) is 19.4. The summed E-state index contributed by atoms with van der Waals surface area (Å²) in [6.45, 7) is 3.14. The van der Waals surface area contributed by atoms with Gasteiger partial charge in [0.1, 0.15) is 6.61 Å². The third-order valence-electron chi connectivity index (χ3n) is 3.24. The van der Waals surface area contributed by atoms with Crippen molar-refractivity contribution < 1.29 is 9.53 Å². The van der Waals surface area contributed by atoms with E-state index in [1.54, 1.807) is 0 Å². The summed E-state index contributed by atoms with van der Waals surface area (Å²) < 4.78 is 5.10. The zero-order valence-electron chi connectivity index (χ0n) is 10.2. The Labute approximate surface area is 97.9 Å². The Morgan fingerprint density at radius 1 is 1.44 bits per heavy atom. The van der Waals surface area contributed by atoms with Crippen LogP contribution in [0.5, 0.6) is 0 Å². The van der Waals surface area contributed by atoms with Gasteiger partial charge in [-0.3, -0.25) is 4.79 Å². The van der Waals surface area contributed by atoms with Crippen molar-refractivity contribution in [1.29, 1.82) is 0 Å². The van der Waals surface area contributed by atoms with Gasteiger partial charge in [0.2, 0.25) is 5.91 Å². The topological polar surface area (TPSA) is 64.3 Å². The monoisotopic (exact) mass is 228 g/mol. The SMILES string of the molecule is C[C@@H](NC(=O)COCCN)C1CCCCC1. The molecule has 4 nitrogen and oxygen atoms in total. The first-order valence-corrected chi connectivity index (χ1v) is 6.31. The van der Waals surface area contributed by atoms with E-state index in [0.717, 1.165) is 0 Å². The molecule has 1 aliphatic rings. The molecule has 0 radical (unpaired) electrons. The lowest BCUT2D eigenvalue weighted by atomic mass is 9.84. The van der Waals surface area contributed by atoms with Gasteiger partial charge in [-0.25, -0.2) is 0 Å². The lowest BCUT2D eigenvalue weighted by molar-refractivity contribution is -0.126. The maximum absolute atomic E-state index is 11.5. The van der Waals surface area contributed by atoms with E-state index in [0.29, 0.717) is 19.1 Å². The van der Waals surface area contributed by atoms with Gasteiger partial charge in [-0.05, 0) is 25.7 Å². The highest BCUT2D eigenvalue weighted by atomic mass is 16.5. The van der Waals surface area contributed by atoms with Gasteiger partial charge >= 0.3 is 0 Å². The van der Waals surface area contributed by atoms with Crippen molar-refractivity contribution in [2.45, 2.75) is 45.1 Å². The van der Waals surface area contributed by atoms with Gasteiger partial charge in [0.15, 0.2) is 0 Å². The van der Waals surface area contributed by atoms with Crippen molar-refractivity contribution in [1.82, 2.24) is 5.32 Å². The van der Waals surface area contributed by atoms with E-state index in [4.69, 9.17) is 10.5 Å². The first kappa shape index (κ1) is 13.5. The molecule has 0 aromatic heterocycles. The predicted molar refractivity (Wildman–Crippen MR) is 64.1 cm³/mol. The minimum absolute atomic E-state index is 0.0217. The number of hydrogen-bond donors (Lipinski definition) is 2. The average molecular weight is 228 g/mol. The first-order valence-electron chi connectivity index (χ1n) is 6.31. The molecule has 1 aliphatic carbocycles. The van der Waals surface area contributed by atoms with Crippen LogP contribution >= 0.6 is 0 Å². The Hall–Kier alpha value is -0.610. The molecule has 0 aromatic rings. The van der Waals surface area contributed by atoms with Crippen molar-refractivity contribution in [3.63, 3.8) is 0 Å². The number of carbonyl (C=O) groups is 1. The van der Waals surface area contributed by atoms with Crippen molar-refractivity contribution >= 4 is 5.91 Å². The molecule has 0 aliphatic heterocycles. The number of amides is 1. The molecule has 0 heterocycles. The lowest BCUT2D eigenvalue weighted by Crippen LogP contribution is -2.40. The molecule has 1 saturated carbocycles. The number of rotatable bonds is 6. The number of nitrogens with two attached hydrogens (primary N) is 1. The van der Waals surface area contributed by atoms with Gasteiger partial charge in [-0.1, -0.05) is 19.3 Å². The molecule has 1 fully saturated rings. The van der Waals surface area contributed by atoms with E-state index in [1.807, 2.05) is 0 Å². The van der Waals surface area contributed by atoms with E-state index >= 15 is 0 Å². The number of nitrogens with one attached hydrogen (secondary N) is 1. The summed E-state index contributed by atoms with van der Waals surface area (Å²) in [6.07, 6.45) is 6.43. The maximum Gasteiger partial charge on any atom is 0.246 e. The summed E-state index contributed by atoms with van der Waals surface area (Å²) in [5, 5.41) is 3.00. The molecule has 0 spiro atoms. The quantitative estimate of drug-likeness (QED) is 0.668. The largest absolute Gasteiger partial charge is 0.370 e. The van der Waals surface area contributed by atoms with Gasteiger partial charge in [0.25, 0.3) is 0 Å². The van der Waals surface area contributed by atoms with Gasteiger partial charge in [-0.2, -0.15) is 0 Å². The molecule has 0 bridgehead atoms. The highest BCUT2D eigenvalue weighted by Gasteiger charge is 2.21. The van der Waals surface area contributed by atoms with Gasteiger partial charge in [-0.15, -0.1) is 0 Å². The Balaban J connectivity index is 2.16. The summed E-state index contributed by atoms with van der Waals surface area (Å²) in [4.78, 5) is 11.5. The van der Waals surface area contributed by atoms with Gasteiger partial charge in [0.05, 0.1) is 6.61 Å².